The molecule has 1 aliphatic heterocycles. The second-order valence-electron chi connectivity index (χ2n) is 10.2. The fraction of sp³-hybridized carbons (Fsp3) is 0.739. The van der Waals surface area contributed by atoms with E-state index >= 15 is 0 Å². The number of guanidine groups is 1. The standard InChI is InChI=1S/C23H39ClN6O7/c1-12(2)16(29-22(36)37-23(3,4)5)19(33)30-11-7-9-14(30)18(32)28-13(8-6-10-27-21(25)26)17(31)15(24)20(34)35/h12-16H,6-11H2,1-5H3,(H,28,32)(H,29,36)(H,34,35)(H4,25,26,27)/t13-,14-,15?,16-/m0/s1. The number of carbonyl (C=O) groups is 5. The summed E-state index contributed by atoms with van der Waals surface area (Å²) in [5.41, 5.74) is 9.82. The SMILES string of the molecule is CC(C)[C@H](NC(=O)OC(C)(C)C)C(=O)N1CCC[C@H]1C(=O)N[C@@H](CCCN=C(N)N)C(=O)C(Cl)C(=O)O. The third-order valence-electron chi connectivity index (χ3n) is 5.52. The number of aliphatic carboxylic acids is 1. The van der Waals surface area contributed by atoms with Crippen LogP contribution in [0, 0.1) is 5.92 Å². The molecular weight excluding hydrogens is 508 g/mol. The molecule has 0 aromatic heterocycles. The molecule has 1 rings (SSSR count). The van der Waals surface area contributed by atoms with Crippen LogP contribution < -0.4 is 22.1 Å². The van der Waals surface area contributed by atoms with Gasteiger partial charge in [0.15, 0.2) is 17.1 Å². The second kappa shape index (κ2) is 14.0. The van der Waals surface area contributed by atoms with Gasteiger partial charge in [0, 0.05) is 13.1 Å². The average Bonchev–Trinajstić information content (AvgIpc) is 3.26. The molecule has 13 nitrogen and oxygen atoms in total. The maximum atomic E-state index is 13.4. The number of hydrogen-bond donors (Lipinski definition) is 5. The van der Waals surface area contributed by atoms with Gasteiger partial charge >= 0.3 is 12.1 Å². The molecule has 1 heterocycles. The van der Waals surface area contributed by atoms with Crippen LogP contribution in [0.3, 0.4) is 0 Å². The van der Waals surface area contributed by atoms with E-state index in [2.05, 4.69) is 15.6 Å². The van der Waals surface area contributed by atoms with Crippen LogP contribution in [0.25, 0.3) is 0 Å². The smallest absolute Gasteiger partial charge is 0.408 e. The van der Waals surface area contributed by atoms with Crippen molar-refractivity contribution >= 4 is 47.2 Å². The number of alkyl halides is 1. The van der Waals surface area contributed by atoms with Gasteiger partial charge in [0.1, 0.15) is 17.7 Å². The van der Waals surface area contributed by atoms with Crippen LogP contribution in [-0.2, 0) is 23.9 Å². The summed E-state index contributed by atoms with van der Waals surface area (Å²) in [6.07, 6.45) is 0.394. The van der Waals surface area contributed by atoms with Crippen LogP contribution in [0.1, 0.15) is 60.3 Å². The Morgan fingerprint density at radius 1 is 1.16 bits per heavy atom. The van der Waals surface area contributed by atoms with Gasteiger partial charge in [-0.05, 0) is 52.4 Å². The lowest BCUT2D eigenvalue weighted by Crippen LogP contribution is -2.57. The Bertz CT molecular complexity index is 885. The maximum absolute atomic E-state index is 13.4. The molecule has 14 heteroatoms. The molecule has 0 bridgehead atoms. The maximum Gasteiger partial charge on any atom is 0.408 e. The Morgan fingerprint density at radius 3 is 2.30 bits per heavy atom. The highest BCUT2D eigenvalue weighted by Crippen LogP contribution is 2.21. The molecule has 0 aromatic rings. The summed E-state index contributed by atoms with van der Waals surface area (Å²) in [4.78, 5) is 67.9. The van der Waals surface area contributed by atoms with Crippen LogP contribution in [0.4, 0.5) is 4.79 Å². The van der Waals surface area contributed by atoms with E-state index < -0.39 is 58.8 Å². The van der Waals surface area contributed by atoms with Crippen LogP contribution in [0.5, 0.6) is 0 Å². The van der Waals surface area contributed by atoms with Crippen molar-refractivity contribution in [3.05, 3.63) is 0 Å². The average molecular weight is 547 g/mol. The highest BCUT2D eigenvalue weighted by molar-refractivity contribution is 6.41. The number of halogens is 1. The van der Waals surface area contributed by atoms with Gasteiger partial charge in [0.05, 0.1) is 6.04 Å². The number of aliphatic imine (C=N–C) groups is 1. The number of ether oxygens (including phenoxy) is 1. The zero-order chi connectivity index (χ0) is 28.5. The summed E-state index contributed by atoms with van der Waals surface area (Å²) >= 11 is 5.73. The fourth-order valence-corrected chi connectivity index (χ4v) is 3.94. The molecule has 210 valence electrons. The predicted molar refractivity (Wildman–Crippen MR) is 137 cm³/mol. The summed E-state index contributed by atoms with van der Waals surface area (Å²) in [5.74, 6) is -3.97. The molecule has 0 aromatic carbocycles. The lowest BCUT2D eigenvalue weighted by molar-refractivity contribution is -0.142. The third-order valence-corrected chi connectivity index (χ3v) is 5.92. The normalized spacial score (nSPS) is 17.9. The molecule has 7 N–H and O–H groups in total. The number of rotatable bonds is 12. The first-order chi connectivity index (χ1) is 17.0. The number of ketones is 1. The van der Waals surface area contributed by atoms with Crippen molar-refractivity contribution in [3.8, 4) is 0 Å². The first kappa shape index (κ1) is 31.9. The summed E-state index contributed by atoms with van der Waals surface area (Å²) in [7, 11) is 0. The largest absolute Gasteiger partial charge is 0.480 e. The Hall–Kier alpha value is -3.09. The number of carboxylic acid groups (broad SMARTS) is 1. The molecule has 1 fully saturated rings. The zero-order valence-electron chi connectivity index (χ0n) is 22.0. The lowest BCUT2D eigenvalue weighted by Gasteiger charge is -2.32. The van der Waals surface area contributed by atoms with E-state index in [-0.39, 0.29) is 37.8 Å². The van der Waals surface area contributed by atoms with E-state index in [1.807, 2.05) is 0 Å². The van der Waals surface area contributed by atoms with E-state index in [0.717, 1.165) is 0 Å². The molecule has 37 heavy (non-hydrogen) atoms. The highest BCUT2D eigenvalue weighted by Gasteiger charge is 2.41. The number of nitrogens with two attached hydrogens (primary N) is 2. The molecule has 0 saturated carbocycles. The summed E-state index contributed by atoms with van der Waals surface area (Å²) in [6, 6.07) is -3.08. The molecule has 1 aliphatic rings. The Morgan fingerprint density at radius 2 is 1.78 bits per heavy atom. The summed E-state index contributed by atoms with van der Waals surface area (Å²) in [5, 5.41) is 12.4. The van der Waals surface area contributed by atoms with Gasteiger partial charge in [-0.3, -0.25) is 24.2 Å². The van der Waals surface area contributed by atoms with E-state index in [0.29, 0.717) is 12.8 Å². The second-order valence-corrected chi connectivity index (χ2v) is 10.6. The molecule has 3 amide bonds. The monoisotopic (exact) mass is 546 g/mol. The number of alkyl carbamates (subject to hydrolysis) is 1. The first-order valence-corrected chi connectivity index (χ1v) is 12.5. The Labute approximate surface area is 221 Å². The molecular formula is C23H39ClN6O7. The van der Waals surface area contributed by atoms with E-state index in [9.17, 15) is 24.0 Å². The molecule has 0 aliphatic carbocycles. The van der Waals surface area contributed by atoms with Gasteiger partial charge in [-0.2, -0.15) is 0 Å². The molecule has 1 saturated heterocycles. The zero-order valence-corrected chi connectivity index (χ0v) is 22.7. The van der Waals surface area contributed by atoms with Crippen LogP contribution in [0.15, 0.2) is 4.99 Å². The van der Waals surface area contributed by atoms with Gasteiger partial charge in [-0.15, -0.1) is 11.6 Å². The predicted octanol–water partition coefficient (Wildman–Crippen LogP) is 0.326. The van der Waals surface area contributed by atoms with Crippen LogP contribution in [-0.4, -0.2) is 87.8 Å². The lowest BCUT2D eigenvalue weighted by atomic mass is 10.0. The first-order valence-electron chi connectivity index (χ1n) is 12.1. The number of amides is 3. The van der Waals surface area contributed by atoms with E-state index in [1.165, 1.54) is 4.90 Å². The van der Waals surface area contributed by atoms with Gasteiger partial charge in [-0.25, -0.2) is 4.79 Å². The summed E-state index contributed by atoms with van der Waals surface area (Å²) in [6.45, 7) is 9.03. The van der Waals surface area contributed by atoms with E-state index in [1.54, 1.807) is 34.6 Å². The topological polar surface area (TPSA) is 207 Å². The van der Waals surface area contributed by atoms with Crippen molar-refractivity contribution in [1.29, 1.82) is 0 Å². The highest BCUT2D eigenvalue weighted by atomic mass is 35.5. The van der Waals surface area contributed by atoms with Crippen molar-refractivity contribution in [3.63, 3.8) is 0 Å². The van der Waals surface area contributed by atoms with E-state index in [4.69, 9.17) is 32.9 Å². The van der Waals surface area contributed by atoms with Crippen molar-refractivity contribution in [2.45, 2.75) is 89.4 Å². The third kappa shape index (κ3) is 10.4. The Balaban J connectivity index is 3.02. The van der Waals surface area contributed by atoms with Gasteiger partial charge in [0.2, 0.25) is 11.8 Å². The van der Waals surface area contributed by atoms with Crippen molar-refractivity contribution in [2.24, 2.45) is 22.4 Å². The fourth-order valence-electron chi connectivity index (χ4n) is 3.79. The number of nitrogens with zero attached hydrogens (tertiary/aromatic N) is 2. The minimum absolute atomic E-state index is 0.0351. The Kier molecular flexibility index (Phi) is 12.1. The van der Waals surface area contributed by atoms with Crippen molar-refractivity contribution < 1.29 is 33.8 Å². The van der Waals surface area contributed by atoms with Gasteiger partial charge in [-0.1, -0.05) is 13.8 Å². The molecule has 1 unspecified atom stereocenters. The number of hydrogen-bond acceptors (Lipinski definition) is 7. The molecule has 4 atom stereocenters. The minimum atomic E-state index is -1.86. The quantitative estimate of drug-likeness (QED) is 0.0749. The number of carbonyl (C=O) groups excluding carboxylic acids is 4. The van der Waals surface area contributed by atoms with Crippen molar-refractivity contribution in [1.82, 2.24) is 15.5 Å². The van der Waals surface area contributed by atoms with Crippen molar-refractivity contribution in [2.75, 3.05) is 13.1 Å². The number of Topliss-reactive ketones (excluding diaryl/α,β-unsaturated/α-hetero) is 1. The number of nitrogens with one attached hydrogen (secondary N) is 2. The van der Waals surface area contributed by atoms with Crippen LogP contribution in [0.2, 0.25) is 0 Å². The van der Waals surface area contributed by atoms with Gasteiger partial charge < -0.3 is 36.8 Å². The molecule has 0 spiro atoms. The number of likely N-dealkylation sites (tertiary alicyclic amines) is 1. The summed E-state index contributed by atoms with van der Waals surface area (Å²) < 4.78 is 5.26. The van der Waals surface area contributed by atoms with Crippen LogP contribution >= 0.6 is 11.6 Å². The molecule has 0 radical (unpaired) electrons. The minimum Gasteiger partial charge on any atom is -0.480 e. The van der Waals surface area contributed by atoms with Gasteiger partial charge in [0.25, 0.3) is 0 Å². The number of carboxylic acids is 1.